The van der Waals surface area contributed by atoms with E-state index in [0.29, 0.717) is 0 Å². The van der Waals surface area contributed by atoms with Gasteiger partial charge >= 0.3 is 6.85 Å². The fourth-order valence-corrected chi connectivity index (χ4v) is 0.0781. The molecule has 0 bridgehead atoms. The summed E-state index contributed by atoms with van der Waals surface area (Å²) >= 11 is 0. The molecule has 0 spiro atoms. The van der Waals surface area contributed by atoms with Crippen LogP contribution in [0.25, 0.3) is 0 Å². The van der Waals surface area contributed by atoms with Gasteiger partial charge in [-0.25, -0.2) is 0 Å². The topological polar surface area (TPSA) is 83.5 Å². The molecule has 7 heavy (non-hydrogen) atoms. The lowest BCUT2D eigenvalue weighted by Gasteiger charge is -1.90. The van der Waals surface area contributed by atoms with Crippen molar-refractivity contribution in [3.05, 3.63) is 0 Å². The highest BCUT2D eigenvalue weighted by Gasteiger charge is 2.15. The second-order valence-corrected chi connectivity index (χ2v) is 1.13. The first-order valence-corrected chi connectivity index (χ1v) is 1.77. The Morgan fingerprint density at radius 2 is 2.29 bits per heavy atom. The van der Waals surface area contributed by atoms with E-state index in [0.717, 1.165) is 0 Å². The lowest BCUT2D eigenvalue weighted by Crippen LogP contribution is -2.38. The van der Waals surface area contributed by atoms with Gasteiger partial charge in [-0.15, -0.1) is 0 Å². The first-order valence-electron chi connectivity index (χ1n) is 1.77. The molecule has 0 atom stereocenters. The minimum atomic E-state index is -1.18. The maximum absolute atomic E-state index is 9.65. The number of aliphatic hydroxyl groups is 1. The summed E-state index contributed by atoms with van der Waals surface area (Å²) in [5.41, 5.74) is 4.77. The van der Waals surface area contributed by atoms with Crippen molar-refractivity contribution in [1.29, 1.82) is 0 Å². The Kier molecular flexibility index (Phi) is 2.40. The van der Waals surface area contributed by atoms with Crippen LogP contribution in [-0.4, -0.2) is 29.4 Å². The largest absolute Gasteiger partial charge is 0.488 e. The zero-order valence-corrected chi connectivity index (χ0v) is 3.66. The lowest BCUT2D eigenvalue weighted by atomic mass is 9.66. The Hall–Kier alpha value is -0.545. The van der Waals surface area contributed by atoms with Crippen LogP contribution in [0, 0.1) is 0 Å². The molecule has 0 heterocycles. The zero-order valence-electron chi connectivity index (χ0n) is 3.66. The van der Waals surface area contributed by atoms with Gasteiger partial charge in [0.25, 0.3) is 5.87 Å². The van der Waals surface area contributed by atoms with Gasteiger partial charge in [-0.3, -0.25) is 4.79 Å². The molecule has 0 aliphatic rings. The van der Waals surface area contributed by atoms with Gasteiger partial charge in [-0.1, -0.05) is 0 Å². The summed E-state index contributed by atoms with van der Waals surface area (Å²) in [6.45, 7) is -1.63. The highest BCUT2D eigenvalue weighted by Crippen LogP contribution is 1.68. The molecule has 0 rings (SSSR count). The quantitative estimate of drug-likeness (QED) is 0.380. The van der Waals surface area contributed by atoms with E-state index in [-0.39, 0.29) is 0 Å². The fourth-order valence-electron chi connectivity index (χ4n) is 0.0781. The van der Waals surface area contributed by atoms with Gasteiger partial charge in [0.15, 0.2) is 0 Å². The Morgan fingerprint density at radius 1 is 1.86 bits per heavy atom. The van der Waals surface area contributed by atoms with Crippen molar-refractivity contribution in [3.8, 4) is 0 Å². The molecule has 0 unspecified atom stereocenters. The summed E-state index contributed by atoms with van der Waals surface area (Å²) in [6, 6.07) is 0. The van der Waals surface area contributed by atoms with E-state index < -0.39 is 19.2 Å². The van der Waals surface area contributed by atoms with E-state index >= 15 is 0 Å². The van der Waals surface area contributed by atoms with Gasteiger partial charge in [0.05, 0.1) is 0 Å². The predicted octanol–water partition coefficient (Wildman–Crippen LogP) is -1.27. The van der Waals surface area contributed by atoms with Crippen LogP contribution in [0.1, 0.15) is 0 Å². The molecule has 40 valence electrons. The monoisotopic (exact) mass is 103 g/mol. The molecule has 0 aromatic rings. The molecule has 4 nitrogen and oxygen atoms in total. The van der Waals surface area contributed by atoms with Crippen LogP contribution in [0.15, 0.2) is 0 Å². The van der Waals surface area contributed by atoms with Crippen LogP contribution in [0.3, 0.4) is 0 Å². The molecule has 0 aliphatic heterocycles. The van der Waals surface area contributed by atoms with Gasteiger partial charge in [-0.05, 0) is 0 Å². The second-order valence-electron chi connectivity index (χ2n) is 1.13. The summed E-state index contributed by atoms with van der Waals surface area (Å²) in [7, 11) is 0. The summed E-state index contributed by atoms with van der Waals surface area (Å²) in [5.74, 6) is -1.18. The first-order chi connectivity index (χ1) is 3.18. The Balaban J connectivity index is 3.34. The third-order valence-corrected chi connectivity index (χ3v) is 0.514. The van der Waals surface area contributed by atoms with Gasteiger partial charge in [0.2, 0.25) is 0 Å². The summed E-state index contributed by atoms with van der Waals surface area (Å²) in [5, 5.41) is 15.9. The second kappa shape index (κ2) is 2.60. The SMILES string of the molecule is NB(CO)C(=O)O. The maximum Gasteiger partial charge on any atom is 0.379 e. The van der Waals surface area contributed by atoms with Gasteiger partial charge in [0.1, 0.15) is 0 Å². The first kappa shape index (κ1) is 6.45. The van der Waals surface area contributed by atoms with E-state index in [2.05, 4.69) is 0 Å². The van der Waals surface area contributed by atoms with Crippen LogP contribution in [0.2, 0.25) is 0 Å². The molecule has 0 fully saturated rings. The molecule has 0 aliphatic carbocycles. The Labute approximate surface area is 41.0 Å². The molecule has 0 radical (unpaired) electrons. The van der Waals surface area contributed by atoms with Crippen molar-refractivity contribution in [2.45, 2.75) is 0 Å². The lowest BCUT2D eigenvalue weighted by molar-refractivity contribution is 0.217. The van der Waals surface area contributed by atoms with Crippen LogP contribution in [0.4, 0.5) is 4.79 Å². The van der Waals surface area contributed by atoms with Crippen LogP contribution in [0.5, 0.6) is 0 Å². The third kappa shape index (κ3) is 2.19. The number of hydrogen-bond donors (Lipinski definition) is 3. The molecule has 5 heteroatoms. The van der Waals surface area contributed by atoms with Gasteiger partial charge < -0.3 is 15.9 Å². The molecule has 0 aromatic carbocycles. The van der Waals surface area contributed by atoms with Crippen molar-refractivity contribution >= 4 is 12.7 Å². The number of hydrogen-bond acceptors (Lipinski definition) is 3. The van der Waals surface area contributed by atoms with E-state index in [1.54, 1.807) is 0 Å². The van der Waals surface area contributed by atoms with E-state index in [9.17, 15) is 4.79 Å². The van der Waals surface area contributed by atoms with Crippen LogP contribution in [-0.2, 0) is 0 Å². The van der Waals surface area contributed by atoms with E-state index in [4.69, 9.17) is 15.9 Å². The van der Waals surface area contributed by atoms with Crippen molar-refractivity contribution in [2.24, 2.45) is 5.64 Å². The van der Waals surface area contributed by atoms with Gasteiger partial charge in [0, 0.05) is 6.51 Å². The normalized spacial score (nSPS) is 8.29. The van der Waals surface area contributed by atoms with Crippen molar-refractivity contribution in [1.82, 2.24) is 0 Å². The molecule has 0 saturated heterocycles. The number of carbonyl (C=O) groups is 1. The smallest absolute Gasteiger partial charge is 0.379 e. The maximum atomic E-state index is 9.65. The minimum Gasteiger partial charge on any atom is -0.488 e. The average molecular weight is 103 g/mol. The minimum absolute atomic E-state index is 0.505. The van der Waals surface area contributed by atoms with Crippen molar-refractivity contribution in [3.63, 3.8) is 0 Å². The zero-order chi connectivity index (χ0) is 5.86. The van der Waals surface area contributed by atoms with Crippen LogP contribution >= 0.6 is 0 Å². The summed E-state index contributed by atoms with van der Waals surface area (Å²) in [6.07, 6.45) is 0. The number of rotatable bonds is 2. The fraction of sp³-hybridized carbons (Fsp3) is 0.500. The van der Waals surface area contributed by atoms with Crippen LogP contribution < -0.4 is 5.64 Å². The predicted molar refractivity (Wildman–Crippen MR) is 25.1 cm³/mol. The van der Waals surface area contributed by atoms with Crippen molar-refractivity contribution < 1.29 is 15.0 Å². The molecular weight excluding hydrogens is 96.8 g/mol. The van der Waals surface area contributed by atoms with Gasteiger partial charge in [-0.2, -0.15) is 0 Å². The molecule has 4 N–H and O–H groups in total. The van der Waals surface area contributed by atoms with E-state index in [1.165, 1.54) is 0 Å². The summed E-state index contributed by atoms with van der Waals surface area (Å²) < 4.78 is 0. The number of carboxylic acid groups (broad SMARTS) is 1. The third-order valence-electron chi connectivity index (χ3n) is 0.514. The molecule has 0 saturated carbocycles. The average Bonchev–Trinajstić information content (AvgIpc) is 1.65. The summed E-state index contributed by atoms with van der Waals surface area (Å²) in [4.78, 5) is 9.65. The highest BCUT2D eigenvalue weighted by atomic mass is 16.4. The van der Waals surface area contributed by atoms with E-state index in [1.807, 2.05) is 0 Å². The molecule has 0 aromatic heterocycles. The standard InChI is InChI=1S/C2H6BNO3/c4-3(1-5)2(6)7/h5H,1,4H2,(H,6,7). The Morgan fingerprint density at radius 3 is 2.29 bits per heavy atom. The molecular formula is C2H6BNO3. The number of nitrogens with two attached hydrogens (primary N) is 1. The molecule has 0 amide bonds. The Bertz CT molecular complexity index is 75.3. The van der Waals surface area contributed by atoms with Crippen molar-refractivity contribution in [2.75, 3.05) is 6.51 Å². The number of aliphatic hydroxyl groups excluding tert-OH is 1. The highest BCUT2D eigenvalue weighted by molar-refractivity contribution is 6.85.